The first kappa shape index (κ1) is 16.6. The molecule has 0 fully saturated rings. The lowest BCUT2D eigenvalue weighted by Gasteiger charge is -2.09. The SMILES string of the molecule is CCOC=O.O=C(c1ccccc1)C(O)c1ccccc1. The lowest BCUT2D eigenvalue weighted by Crippen LogP contribution is -2.11. The van der Waals surface area contributed by atoms with Gasteiger partial charge >= 0.3 is 0 Å². The molecule has 0 amide bonds. The fraction of sp³-hybridized carbons (Fsp3) is 0.176. The second-order valence-electron chi connectivity index (χ2n) is 4.10. The summed E-state index contributed by atoms with van der Waals surface area (Å²) in [6.45, 7) is 2.66. The number of carbonyl (C=O) groups excluding carboxylic acids is 2. The van der Waals surface area contributed by atoms with Gasteiger partial charge in [-0.3, -0.25) is 9.59 Å². The number of aliphatic hydroxyl groups is 1. The van der Waals surface area contributed by atoms with E-state index in [1.807, 2.05) is 12.1 Å². The Morgan fingerprint density at radius 3 is 2.05 bits per heavy atom. The molecule has 1 atom stereocenters. The Kier molecular flexibility index (Phi) is 7.46. The Balaban J connectivity index is 0.000000383. The van der Waals surface area contributed by atoms with Crippen molar-refractivity contribution in [1.29, 1.82) is 0 Å². The Labute approximate surface area is 124 Å². The van der Waals surface area contributed by atoms with Gasteiger partial charge in [-0.05, 0) is 12.5 Å². The van der Waals surface area contributed by atoms with Crippen LogP contribution in [0, 0.1) is 0 Å². The quantitative estimate of drug-likeness (QED) is 0.678. The zero-order valence-electron chi connectivity index (χ0n) is 11.8. The van der Waals surface area contributed by atoms with Crippen molar-refractivity contribution in [3.63, 3.8) is 0 Å². The van der Waals surface area contributed by atoms with Gasteiger partial charge in [0.15, 0.2) is 5.78 Å². The van der Waals surface area contributed by atoms with Crippen molar-refractivity contribution in [3.05, 3.63) is 71.8 Å². The van der Waals surface area contributed by atoms with Crippen LogP contribution in [0.1, 0.15) is 28.9 Å². The molecule has 0 aliphatic rings. The third kappa shape index (κ3) is 5.58. The molecular formula is C17H18O4. The fourth-order valence-corrected chi connectivity index (χ4v) is 1.62. The van der Waals surface area contributed by atoms with E-state index in [4.69, 9.17) is 0 Å². The molecule has 1 unspecified atom stereocenters. The van der Waals surface area contributed by atoms with Gasteiger partial charge in [-0.1, -0.05) is 60.7 Å². The standard InChI is InChI=1S/C14H12O2.C3H6O2/c15-13(11-7-3-1-4-8-11)14(16)12-9-5-2-6-10-12;1-2-5-3-4/h1-10,13,15H;3H,2H2,1H3. The molecule has 2 aromatic carbocycles. The molecule has 0 radical (unpaired) electrons. The van der Waals surface area contributed by atoms with E-state index < -0.39 is 6.10 Å². The molecular weight excluding hydrogens is 268 g/mol. The first-order valence-electron chi connectivity index (χ1n) is 6.58. The van der Waals surface area contributed by atoms with Crippen LogP contribution in [-0.4, -0.2) is 24.0 Å². The summed E-state index contributed by atoms with van der Waals surface area (Å²) in [6.07, 6.45) is -1.08. The summed E-state index contributed by atoms with van der Waals surface area (Å²) in [5.41, 5.74) is 1.15. The number of Topliss-reactive ketones (excluding diaryl/α,β-unsaturated/α-hetero) is 1. The Morgan fingerprint density at radius 1 is 1.10 bits per heavy atom. The molecule has 0 saturated heterocycles. The number of ketones is 1. The maximum atomic E-state index is 11.9. The number of benzene rings is 2. The van der Waals surface area contributed by atoms with Gasteiger partial charge in [0.1, 0.15) is 6.10 Å². The molecule has 0 spiro atoms. The van der Waals surface area contributed by atoms with Gasteiger partial charge in [0.05, 0.1) is 6.61 Å². The number of hydrogen-bond acceptors (Lipinski definition) is 4. The molecule has 0 aliphatic heterocycles. The molecule has 4 nitrogen and oxygen atoms in total. The number of aliphatic hydroxyl groups excluding tert-OH is 1. The monoisotopic (exact) mass is 286 g/mol. The number of ether oxygens (including phenoxy) is 1. The molecule has 2 rings (SSSR count). The van der Waals surface area contributed by atoms with Crippen molar-refractivity contribution < 1.29 is 19.4 Å². The summed E-state index contributed by atoms with van der Waals surface area (Å²) >= 11 is 0. The molecule has 21 heavy (non-hydrogen) atoms. The van der Waals surface area contributed by atoms with Gasteiger partial charge in [-0.25, -0.2) is 0 Å². The van der Waals surface area contributed by atoms with Gasteiger partial charge < -0.3 is 9.84 Å². The third-order valence-corrected chi connectivity index (χ3v) is 2.66. The van der Waals surface area contributed by atoms with Gasteiger partial charge in [0.25, 0.3) is 6.47 Å². The zero-order valence-corrected chi connectivity index (χ0v) is 11.8. The maximum Gasteiger partial charge on any atom is 0.293 e. The smallest absolute Gasteiger partial charge is 0.293 e. The van der Waals surface area contributed by atoms with Crippen molar-refractivity contribution in [1.82, 2.24) is 0 Å². The highest BCUT2D eigenvalue weighted by molar-refractivity contribution is 5.99. The van der Waals surface area contributed by atoms with Crippen LogP contribution >= 0.6 is 0 Å². The van der Waals surface area contributed by atoms with E-state index in [1.54, 1.807) is 55.5 Å². The molecule has 0 heterocycles. The summed E-state index contributed by atoms with van der Waals surface area (Å²) in [7, 11) is 0. The van der Waals surface area contributed by atoms with Gasteiger partial charge in [0, 0.05) is 5.56 Å². The van der Waals surface area contributed by atoms with Crippen LogP contribution in [0.5, 0.6) is 0 Å². The molecule has 4 heteroatoms. The molecule has 1 N–H and O–H groups in total. The summed E-state index contributed by atoms with van der Waals surface area (Å²) in [5, 5.41) is 9.89. The second kappa shape index (κ2) is 9.44. The van der Waals surface area contributed by atoms with Crippen molar-refractivity contribution in [2.24, 2.45) is 0 Å². The van der Waals surface area contributed by atoms with E-state index in [2.05, 4.69) is 4.74 Å². The van der Waals surface area contributed by atoms with E-state index in [1.165, 1.54) is 0 Å². The molecule has 0 bridgehead atoms. The lowest BCUT2D eigenvalue weighted by atomic mass is 10.0. The summed E-state index contributed by atoms with van der Waals surface area (Å²) < 4.78 is 4.15. The lowest BCUT2D eigenvalue weighted by molar-refractivity contribution is -0.128. The molecule has 0 saturated carbocycles. The van der Waals surface area contributed by atoms with Crippen molar-refractivity contribution in [3.8, 4) is 0 Å². The molecule has 110 valence electrons. The predicted octanol–water partition coefficient (Wildman–Crippen LogP) is 2.78. The third-order valence-electron chi connectivity index (χ3n) is 2.66. The minimum absolute atomic E-state index is 0.271. The average Bonchev–Trinajstić information content (AvgIpc) is 2.56. The Morgan fingerprint density at radius 2 is 1.62 bits per heavy atom. The van der Waals surface area contributed by atoms with Gasteiger partial charge in [-0.2, -0.15) is 0 Å². The van der Waals surface area contributed by atoms with Gasteiger partial charge in [-0.15, -0.1) is 0 Å². The molecule has 0 aliphatic carbocycles. The topological polar surface area (TPSA) is 63.6 Å². The Bertz CT molecular complexity index is 537. The summed E-state index contributed by atoms with van der Waals surface area (Å²) in [6, 6.07) is 17.7. The first-order valence-corrected chi connectivity index (χ1v) is 6.58. The maximum absolute atomic E-state index is 11.9. The van der Waals surface area contributed by atoms with Crippen LogP contribution in [0.2, 0.25) is 0 Å². The minimum atomic E-state index is -1.08. The normalized spacial score (nSPS) is 10.8. The highest BCUT2D eigenvalue weighted by Gasteiger charge is 2.18. The highest BCUT2D eigenvalue weighted by Crippen LogP contribution is 2.17. The van der Waals surface area contributed by atoms with Crippen LogP contribution in [-0.2, 0) is 9.53 Å². The summed E-state index contributed by atoms with van der Waals surface area (Å²) in [4.78, 5) is 21.1. The van der Waals surface area contributed by atoms with E-state index >= 15 is 0 Å². The number of carbonyl (C=O) groups is 2. The first-order chi connectivity index (χ1) is 10.2. The minimum Gasteiger partial charge on any atom is -0.468 e. The zero-order chi connectivity index (χ0) is 15.5. The van der Waals surface area contributed by atoms with E-state index in [9.17, 15) is 14.7 Å². The van der Waals surface area contributed by atoms with Crippen LogP contribution < -0.4 is 0 Å². The van der Waals surface area contributed by atoms with Crippen LogP contribution in [0.15, 0.2) is 60.7 Å². The van der Waals surface area contributed by atoms with Crippen molar-refractivity contribution in [2.75, 3.05) is 6.61 Å². The predicted molar refractivity (Wildman–Crippen MR) is 79.9 cm³/mol. The van der Waals surface area contributed by atoms with Crippen LogP contribution in [0.4, 0.5) is 0 Å². The number of rotatable bonds is 5. The highest BCUT2D eigenvalue weighted by atomic mass is 16.5. The van der Waals surface area contributed by atoms with E-state index in [0.29, 0.717) is 24.2 Å². The largest absolute Gasteiger partial charge is 0.468 e. The van der Waals surface area contributed by atoms with E-state index in [-0.39, 0.29) is 5.78 Å². The Hall–Kier alpha value is -2.46. The fourth-order valence-electron chi connectivity index (χ4n) is 1.62. The van der Waals surface area contributed by atoms with Crippen molar-refractivity contribution in [2.45, 2.75) is 13.0 Å². The molecule has 0 aromatic heterocycles. The summed E-state index contributed by atoms with van der Waals surface area (Å²) in [5.74, 6) is -0.271. The van der Waals surface area contributed by atoms with Crippen LogP contribution in [0.25, 0.3) is 0 Å². The van der Waals surface area contributed by atoms with Crippen molar-refractivity contribution >= 4 is 12.3 Å². The second-order valence-corrected chi connectivity index (χ2v) is 4.10. The number of hydrogen-bond donors (Lipinski definition) is 1. The van der Waals surface area contributed by atoms with E-state index in [0.717, 1.165) is 0 Å². The molecule has 2 aromatic rings. The average molecular weight is 286 g/mol. The van der Waals surface area contributed by atoms with Crippen LogP contribution in [0.3, 0.4) is 0 Å². The van der Waals surface area contributed by atoms with Gasteiger partial charge in [0.2, 0.25) is 0 Å².